The second-order valence-electron chi connectivity index (χ2n) is 1.89. The molecule has 0 aromatic rings. The molecule has 3 heteroatoms. The summed E-state index contributed by atoms with van der Waals surface area (Å²) in [6.07, 6.45) is 1.07. The van der Waals surface area contributed by atoms with Crippen LogP contribution in [-0.4, -0.2) is 26.1 Å². The molecule has 1 aliphatic rings. The van der Waals surface area contributed by atoms with Crippen molar-refractivity contribution in [3.8, 4) is 0 Å². The van der Waals surface area contributed by atoms with Gasteiger partial charge in [-0.3, -0.25) is 0 Å². The summed E-state index contributed by atoms with van der Waals surface area (Å²) >= 11 is 0. The van der Waals surface area contributed by atoms with E-state index in [4.69, 9.17) is 0 Å². The predicted octanol–water partition coefficient (Wildman–Crippen LogP) is 0.292. The van der Waals surface area contributed by atoms with Gasteiger partial charge in [0, 0.05) is 6.54 Å². The van der Waals surface area contributed by atoms with Crippen LogP contribution in [0.3, 0.4) is 0 Å². The van der Waals surface area contributed by atoms with Gasteiger partial charge in [-0.15, -0.1) is 0 Å². The minimum absolute atomic E-state index is 0.125. The molecule has 0 aromatic heterocycles. The predicted molar refractivity (Wildman–Crippen MR) is 28.3 cm³/mol. The maximum atomic E-state index is 11.4. The highest BCUT2D eigenvalue weighted by atomic mass is 19.1. The maximum absolute atomic E-state index is 11.4. The number of alkyl halides is 1. The van der Waals surface area contributed by atoms with Crippen molar-refractivity contribution in [2.75, 3.05) is 20.0 Å². The summed E-state index contributed by atoms with van der Waals surface area (Å²) in [5, 5.41) is 3.07. The zero-order chi connectivity index (χ0) is 5.82. The van der Waals surface area contributed by atoms with Crippen LogP contribution in [0.15, 0.2) is 0 Å². The van der Waals surface area contributed by atoms with Gasteiger partial charge in [0.2, 0.25) is 0 Å². The SMILES string of the molecule is FCOC1CCNC1. The van der Waals surface area contributed by atoms with Gasteiger partial charge in [0.05, 0.1) is 6.10 Å². The van der Waals surface area contributed by atoms with E-state index in [9.17, 15) is 4.39 Å². The van der Waals surface area contributed by atoms with E-state index in [1.807, 2.05) is 0 Å². The van der Waals surface area contributed by atoms with E-state index in [1.165, 1.54) is 0 Å². The van der Waals surface area contributed by atoms with E-state index in [-0.39, 0.29) is 6.10 Å². The van der Waals surface area contributed by atoms with E-state index in [1.54, 1.807) is 0 Å². The maximum Gasteiger partial charge on any atom is 0.188 e. The van der Waals surface area contributed by atoms with Crippen molar-refractivity contribution < 1.29 is 9.13 Å². The number of ether oxygens (including phenoxy) is 1. The fraction of sp³-hybridized carbons (Fsp3) is 1.00. The van der Waals surface area contributed by atoms with Crippen LogP contribution in [0.5, 0.6) is 0 Å². The largest absolute Gasteiger partial charge is 0.346 e. The zero-order valence-electron chi connectivity index (χ0n) is 4.69. The van der Waals surface area contributed by atoms with Crippen LogP contribution >= 0.6 is 0 Å². The molecular weight excluding hydrogens is 109 g/mol. The molecule has 8 heavy (non-hydrogen) atoms. The molecule has 0 radical (unpaired) electrons. The highest BCUT2D eigenvalue weighted by Crippen LogP contribution is 2.01. The Morgan fingerprint density at radius 1 is 1.75 bits per heavy atom. The smallest absolute Gasteiger partial charge is 0.188 e. The van der Waals surface area contributed by atoms with Crippen LogP contribution in [0.4, 0.5) is 4.39 Å². The summed E-state index contributed by atoms with van der Waals surface area (Å²) in [7, 11) is 0. The molecule has 0 spiro atoms. The fourth-order valence-corrected chi connectivity index (χ4v) is 0.860. The molecule has 1 fully saturated rings. The van der Waals surface area contributed by atoms with Crippen LogP contribution in [0.25, 0.3) is 0 Å². The Morgan fingerprint density at radius 3 is 3.12 bits per heavy atom. The molecule has 1 rings (SSSR count). The Morgan fingerprint density at radius 2 is 2.62 bits per heavy atom. The van der Waals surface area contributed by atoms with Gasteiger partial charge in [-0.25, -0.2) is 4.39 Å². The third-order valence-corrected chi connectivity index (χ3v) is 1.31. The molecular formula is C5H10FNO. The molecule has 0 bridgehead atoms. The van der Waals surface area contributed by atoms with Crippen molar-refractivity contribution in [1.82, 2.24) is 5.32 Å². The molecule has 1 saturated heterocycles. The van der Waals surface area contributed by atoms with Gasteiger partial charge in [-0.05, 0) is 13.0 Å². The van der Waals surface area contributed by atoms with Crippen LogP contribution in [0.1, 0.15) is 6.42 Å². The molecule has 1 N–H and O–H groups in total. The van der Waals surface area contributed by atoms with Gasteiger partial charge in [0.15, 0.2) is 6.86 Å². The van der Waals surface area contributed by atoms with E-state index in [2.05, 4.69) is 10.1 Å². The third-order valence-electron chi connectivity index (χ3n) is 1.31. The van der Waals surface area contributed by atoms with Crippen molar-refractivity contribution in [2.24, 2.45) is 0 Å². The van der Waals surface area contributed by atoms with E-state index in [0.29, 0.717) is 0 Å². The molecule has 1 atom stereocenters. The van der Waals surface area contributed by atoms with Gasteiger partial charge >= 0.3 is 0 Å². The lowest BCUT2D eigenvalue weighted by Gasteiger charge is -2.03. The Bertz CT molecular complexity index is 63.4. The Labute approximate surface area is 48.0 Å². The Kier molecular flexibility index (Phi) is 2.24. The van der Waals surface area contributed by atoms with Crippen molar-refractivity contribution >= 4 is 0 Å². The first-order valence-corrected chi connectivity index (χ1v) is 2.82. The standard InChI is InChI=1S/C5H10FNO/c6-4-8-5-1-2-7-3-5/h5,7H,1-4H2. The van der Waals surface area contributed by atoms with E-state index < -0.39 is 6.86 Å². The van der Waals surface area contributed by atoms with Gasteiger partial charge in [0.1, 0.15) is 0 Å². The van der Waals surface area contributed by atoms with Crippen LogP contribution < -0.4 is 5.32 Å². The highest BCUT2D eigenvalue weighted by Gasteiger charge is 2.13. The number of hydrogen-bond donors (Lipinski definition) is 1. The summed E-state index contributed by atoms with van der Waals surface area (Å²) in [4.78, 5) is 0. The van der Waals surface area contributed by atoms with Crippen LogP contribution in [-0.2, 0) is 4.74 Å². The fourth-order valence-electron chi connectivity index (χ4n) is 0.860. The van der Waals surface area contributed by atoms with E-state index >= 15 is 0 Å². The van der Waals surface area contributed by atoms with Crippen molar-refractivity contribution in [2.45, 2.75) is 12.5 Å². The minimum Gasteiger partial charge on any atom is -0.346 e. The van der Waals surface area contributed by atoms with Gasteiger partial charge in [0.25, 0.3) is 0 Å². The molecule has 1 heterocycles. The molecule has 0 aromatic carbocycles. The molecule has 0 aliphatic carbocycles. The van der Waals surface area contributed by atoms with Gasteiger partial charge < -0.3 is 10.1 Å². The summed E-state index contributed by atoms with van der Waals surface area (Å²) in [5.74, 6) is 0. The third kappa shape index (κ3) is 1.42. The van der Waals surface area contributed by atoms with Crippen LogP contribution in [0, 0.1) is 0 Å². The molecule has 48 valence electrons. The summed E-state index contributed by atoms with van der Waals surface area (Å²) in [6.45, 7) is 1.13. The second-order valence-corrected chi connectivity index (χ2v) is 1.89. The van der Waals surface area contributed by atoms with Crippen molar-refractivity contribution in [3.05, 3.63) is 0 Å². The first-order chi connectivity index (χ1) is 3.93. The van der Waals surface area contributed by atoms with Gasteiger partial charge in [-0.2, -0.15) is 0 Å². The van der Waals surface area contributed by atoms with Crippen LogP contribution in [0.2, 0.25) is 0 Å². The first kappa shape index (κ1) is 5.98. The molecule has 0 amide bonds. The monoisotopic (exact) mass is 119 g/mol. The topological polar surface area (TPSA) is 21.3 Å². The summed E-state index contributed by atoms with van der Waals surface area (Å²) in [6, 6.07) is 0. The minimum atomic E-state index is -0.646. The lowest BCUT2D eigenvalue weighted by molar-refractivity contribution is 0.00654. The number of rotatable bonds is 2. The number of nitrogens with one attached hydrogen (secondary N) is 1. The number of halogens is 1. The summed E-state index contributed by atoms with van der Waals surface area (Å²) in [5.41, 5.74) is 0. The quantitative estimate of drug-likeness (QED) is 0.564. The average Bonchev–Trinajstić information content (AvgIpc) is 2.19. The van der Waals surface area contributed by atoms with Crippen molar-refractivity contribution in [1.29, 1.82) is 0 Å². The lowest BCUT2D eigenvalue weighted by Crippen LogP contribution is -2.15. The Balaban J connectivity index is 2.06. The lowest BCUT2D eigenvalue weighted by atomic mass is 10.3. The van der Waals surface area contributed by atoms with E-state index in [0.717, 1.165) is 19.5 Å². The van der Waals surface area contributed by atoms with Gasteiger partial charge in [-0.1, -0.05) is 0 Å². The first-order valence-electron chi connectivity index (χ1n) is 2.82. The average molecular weight is 119 g/mol. The number of hydrogen-bond acceptors (Lipinski definition) is 2. The molecule has 0 saturated carbocycles. The molecule has 1 unspecified atom stereocenters. The summed E-state index contributed by atoms with van der Waals surface area (Å²) < 4.78 is 16.1. The highest BCUT2D eigenvalue weighted by molar-refractivity contribution is 4.69. The van der Waals surface area contributed by atoms with Crippen molar-refractivity contribution in [3.63, 3.8) is 0 Å². The molecule has 1 aliphatic heterocycles. The Hall–Kier alpha value is -0.150. The zero-order valence-corrected chi connectivity index (χ0v) is 4.69. The second kappa shape index (κ2) is 2.99. The normalized spacial score (nSPS) is 28.9. The molecule has 2 nitrogen and oxygen atoms in total.